The fraction of sp³-hybridized carbons (Fsp3) is 0.222. The molecule has 1 amide bonds. The number of nitrogens with one attached hydrogen (secondary N) is 1. The number of ether oxygens (including phenoxy) is 1. The Kier molecular flexibility index (Phi) is 5.49. The number of aryl methyl sites for hydroxylation is 1. The van der Waals surface area contributed by atoms with E-state index in [4.69, 9.17) is 4.74 Å². The van der Waals surface area contributed by atoms with Crippen LogP contribution in [0, 0.1) is 24.0 Å². The van der Waals surface area contributed by atoms with Crippen LogP contribution in [-0.4, -0.2) is 23.2 Å². The van der Waals surface area contributed by atoms with Crippen molar-refractivity contribution in [2.45, 2.75) is 20.8 Å². The summed E-state index contributed by atoms with van der Waals surface area (Å²) in [5.41, 5.74) is 1.92. The number of hydrogen-bond donors (Lipinski definition) is 1. The van der Waals surface area contributed by atoms with Gasteiger partial charge in [0.05, 0.1) is 4.92 Å². The highest BCUT2D eigenvalue weighted by Gasteiger charge is 2.19. The summed E-state index contributed by atoms with van der Waals surface area (Å²) in [6.45, 7) is 4.62. The van der Waals surface area contributed by atoms with E-state index in [1.807, 2.05) is 0 Å². The lowest BCUT2D eigenvalue weighted by atomic mass is 10.1. The van der Waals surface area contributed by atoms with Gasteiger partial charge in [0.15, 0.2) is 12.4 Å². The monoisotopic (exact) mass is 342 g/mol. The average molecular weight is 342 g/mol. The smallest absolute Gasteiger partial charge is 0.293 e. The third-order valence-electron chi connectivity index (χ3n) is 3.79. The van der Waals surface area contributed by atoms with Crippen molar-refractivity contribution in [2.24, 2.45) is 0 Å². The Bertz CT molecular complexity index is 845. The van der Waals surface area contributed by atoms with E-state index in [-0.39, 0.29) is 23.8 Å². The molecule has 2 aromatic carbocycles. The summed E-state index contributed by atoms with van der Waals surface area (Å²) in [6, 6.07) is 9.45. The van der Waals surface area contributed by atoms with Crippen molar-refractivity contribution >= 4 is 23.1 Å². The van der Waals surface area contributed by atoms with Gasteiger partial charge in [-0.25, -0.2) is 0 Å². The van der Waals surface area contributed by atoms with Crippen LogP contribution in [0.5, 0.6) is 5.75 Å². The van der Waals surface area contributed by atoms with Crippen molar-refractivity contribution in [3.8, 4) is 5.75 Å². The highest BCUT2D eigenvalue weighted by Crippen LogP contribution is 2.30. The van der Waals surface area contributed by atoms with E-state index in [9.17, 15) is 19.7 Å². The molecule has 2 aromatic rings. The Balaban J connectivity index is 2.11. The van der Waals surface area contributed by atoms with Gasteiger partial charge in [-0.05, 0) is 44.0 Å². The van der Waals surface area contributed by atoms with Gasteiger partial charge in [-0.15, -0.1) is 0 Å². The molecule has 1 N–H and O–H groups in total. The predicted molar refractivity (Wildman–Crippen MR) is 93.1 cm³/mol. The van der Waals surface area contributed by atoms with Gasteiger partial charge in [0.1, 0.15) is 11.4 Å². The Labute approximate surface area is 144 Å². The lowest BCUT2D eigenvalue weighted by Crippen LogP contribution is -2.21. The van der Waals surface area contributed by atoms with Crippen LogP contribution in [-0.2, 0) is 4.79 Å². The lowest BCUT2D eigenvalue weighted by Gasteiger charge is -2.12. The van der Waals surface area contributed by atoms with Gasteiger partial charge >= 0.3 is 0 Å². The van der Waals surface area contributed by atoms with Crippen LogP contribution >= 0.6 is 0 Å². The molecule has 7 heteroatoms. The molecule has 0 bridgehead atoms. The Morgan fingerprint density at radius 2 is 1.92 bits per heavy atom. The van der Waals surface area contributed by atoms with Crippen LogP contribution in [0.2, 0.25) is 0 Å². The van der Waals surface area contributed by atoms with Gasteiger partial charge < -0.3 is 10.1 Å². The van der Waals surface area contributed by atoms with Gasteiger partial charge in [0.25, 0.3) is 11.6 Å². The first-order valence-electron chi connectivity index (χ1n) is 7.58. The number of Topliss-reactive ketones (excluding diaryl/α,β-unsaturated/α-hetero) is 1. The molecule has 130 valence electrons. The molecule has 25 heavy (non-hydrogen) atoms. The van der Waals surface area contributed by atoms with Crippen molar-refractivity contribution in [2.75, 3.05) is 11.9 Å². The standard InChI is InChI=1S/C18H18N2O5/c1-11-7-8-16(20(23)24)18(12(11)2)19-17(22)10-25-15-6-4-5-14(9-15)13(3)21/h4-9H,10H2,1-3H3,(H,19,22). The summed E-state index contributed by atoms with van der Waals surface area (Å²) in [7, 11) is 0. The van der Waals surface area contributed by atoms with Gasteiger partial charge in [0.2, 0.25) is 0 Å². The molecule has 0 saturated carbocycles. The number of carbonyl (C=O) groups is 2. The quantitative estimate of drug-likeness (QED) is 0.492. The van der Waals surface area contributed by atoms with E-state index < -0.39 is 10.8 Å². The van der Waals surface area contributed by atoms with Crippen LogP contribution in [0.1, 0.15) is 28.4 Å². The van der Waals surface area contributed by atoms with E-state index in [1.54, 1.807) is 38.1 Å². The maximum atomic E-state index is 12.1. The third kappa shape index (κ3) is 4.41. The number of amides is 1. The molecule has 0 aliphatic heterocycles. The fourth-order valence-corrected chi connectivity index (χ4v) is 2.24. The molecule has 0 heterocycles. The van der Waals surface area contributed by atoms with Crippen molar-refractivity contribution in [3.63, 3.8) is 0 Å². The summed E-state index contributed by atoms with van der Waals surface area (Å²) in [4.78, 5) is 34.1. The van der Waals surface area contributed by atoms with Crippen LogP contribution in [0.25, 0.3) is 0 Å². The first kappa shape index (κ1) is 18.1. The number of ketones is 1. The van der Waals surface area contributed by atoms with Crippen molar-refractivity contribution in [1.82, 2.24) is 0 Å². The maximum absolute atomic E-state index is 12.1. The van der Waals surface area contributed by atoms with Gasteiger partial charge in [-0.2, -0.15) is 0 Å². The number of nitrogens with zero attached hydrogens (tertiary/aromatic N) is 1. The second kappa shape index (κ2) is 7.57. The van der Waals surface area contributed by atoms with E-state index in [1.165, 1.54) is 19.1 Å². The zero-order valence-corrected chi connectivity index (χ0v) is 14.2. The second-order valence-electron chi connectivity index (χ2n) is 5.58. The van der Waals surface area contributed by atoms with Crippen LogP contribution in [0.3, 0.4) is 0 Å². The zero-order chi connectivity index (χ0) is 18.6. The van der Waals surface area contributed by atoms with E-state index >= 15 is 0 Å². The Morgan fingerprint density at radius 3 is 2.56 bits per heavy atom. The Morgan fingerprint density at radius 1 is 1.20 bits per heavy atom. The molecule has 0 aliphatic rings. The SMILES string of the molecule is CC(=O)c1cccc(OCC(=O)Nc2c([N+](=O)[O-])ccc(C)c2C)c1. The first-order chi connectivity index (χ1) is 11.8. The summed E-state index contributed by atoms with van der Waals surface area (Å²) in [6.07, 6.45) is 0. The number of hydrogen-bond acceptors (Lipinski definition) is 5. The third-order valence-corrected chi connectivity index (χ3v) is 3.79. The zero-order valence-electron chi connectivity index (χ0n) is 14.2. The molecule has 0 saturated heterocycles. The molecule has 0 unspecified atom stereocenters. The topological polar surface area (TPSA) is 98.5 Å². The number of rotatable bonds is 6. The van der Waals surface area contributed by atoms with Gasteiger partial charge in [-0.1, -0.05) is 18.2 Å². The second-order valence-corrected chi connectivity index (χ2v) is 5.58. The molecule has 0 aromatic heterocycles. The summed E-state index contributed by atoms with van der Waals surface area (Å²) in [5.74, 6) is -0.260. The number of nitro benzene ring substituents is 1. The maximum Gasteiger partial charge on any atom is 0.293 e. The van der Waals surface area contributed by atoms with Gasteiger partial charge in [0, 0.05) is 11.6 Å². The molecular weight excluding hydrogens is 324 g/mol. The first-order valence-corrected chi connectivity index (χ1v) is 7.58. The normalized spacial score (nSPS) is 10.2. The summed E-state index contributed by atoms with van der Waals surface area (Å²) >= 11 is 0. The molecule has 0 spiro atoms. The minimum Gasteiger partial charge on any atom is -0.484 e. The molecular formula is C18H18N2O5. The lowest BCUT2D eigenvalue weighted by molar-refractivity contribution is -0.384. The molecule has 2 rings (SSSR count). The number of nitro groups is 1. The number of anilines is 1. The molecule has 0 atom stereocenters. The van der Waals surface area contributed by atoms with E-state index in [2.05, 4.69) is 5.32 Å². The fourth-order valence-electron chi connectivity index (χ4n) is 2.24. The highest BCUT2D eigenvalue weighted by molar-refractivity contribution is 5.96. The van der Waals surface area contributed by atoms with E-state index in [0.29, 0.717) is 16.9 Å². The number of carbonyl (C=O) groups excluding carboxylic acids is 2. The van der Waals surface area contributed by atoms with Gasteiger partial charge in [-0.3, -0.25) is 19.7 Å². The molecule has 7 nitrogen and oxygen atoms in total. The average Bonchev–Trinajstić information content (AvgIpc) is 2.57. The summed E-state index contributed by atoms with van der Waals surface area (Å²) in [5, 5.41) is 13.7. The number of benzene rings is 2. The van der Waals surface area contributed by atoms with Crippen LogP contribution < -0.4 is 10.1 Å². The van der Waals surface area contributed by atoms with E-state index in [0.717, 1.165) is 5.56 Å². The minimum atomic E-state index is -0.542. The minimum absolute atomic E-state index is 0.110. The molecule has 0 radical (unpaired) electrons. The van der Waals surface area contributed by atoms with Crippen molar-refractivity contribution in [3.05, 3.63) is 63.2 Å². The predicted octanol–water partition coefficient (Wildman–Crippen LogP) is 3.43. The Hall–Kier alpha value is -3.22. The highest BCUT2D eigenvalue weighted by atomic mass is 16.6. The largest absolute Gasteiger partial charge is 0.484 e. The van der Waals surface area contributed by atoms with Crippen molar-refractivity contribution in [1.29, 1.82) is 0 Å². The molecule has 0 fully saturated rings. The summed E-state index contributed by atoms with van der Waals surface area (Å²) < 4.78 is 5.37. The van der Waals surface area contributed by atoms with Crippen LogP contribution in [0.15, 0.2) is 36.4 Å². The van der Waals surface area contributed by atoms with Crippen molar-refractivity contribution < 1.29 is 19.2 Å². The van der Waals surface area contributed by atoms with Crippen LogP contribution in [0.4, 0.5) is 11.4 Å². The molecule has 0 aliphatic carbocycles.